The van der Waals surface area contributed by atoms with Crippen LogP contribution in [0.15, 0.2) is 10.7 Å². The standard InChI is InChI=1S/C9H7Br2F2NO2/c10-2-4-3-14-8(9(12)13)7(11)5(4)1-6(15)16/h3,9H,1-2H2,(H,15,16). The highest BCUT2D eigenvalue weighted by atomic mass is 79.9. The van der Waals surface area contributed by atoms with Crippen LogP contribution in [0.3, 0.4) is 0 Å². The van der Waals surface area contributed by atoms with Gasteiger partial charge in [0, 0.05) is 16.0 Å². The molecule has 1 N–H and O–H groups in total. The Hall–Kier alpha value is -0.560. The lowest BCUT2D eigenvalue weighted by Gasteiger charge is -2.11. The third-order valence-corrected chi connectivity index (χ3v) is 3.40. The first-order valence-electron chi connectivity index (χ1n) is 4.19. The summed E-state index contributed by atoms with van der Waals surface area (Å²) in [4.78, 5) is 14.2. The lowest BCUT2D eigenvalue weighted by Crippen LogP contribution is -2.07. The third-order valence-electron chi connectivity index (χ3n) is 1.92. The van der Waals surface area contributed by atoms with Gasteiger partial charge < -0.3 is 5.11 Å². The number of alkyl halides is 3. The third kappa shape index (κ3) is 2.98. The van der Waals surface area contributed by atoms with Crippen molar-refractivity contribution in [2.45, 2.75) is 18.2 Å². The first kappa shape index (κ1) is 13.5. The van der Waals surface area contributed by atoms with Gasteiger partial charge in [0.25, 0.3) is 6.43 Å². The zero-order valence-electron chi connectivity index (χ0n) is 7.88. The molecule has 0 spiro atoms. The quantitative estimate of drug-likeness (QED) is 0.840. The van der Waals surface area contributed by atoms with Gasteiger partial charge in [-0.2, -0.15) is 0 Å². The van der Waals surface area contributed by atoms with Gasteiger partial charge in [-0.1, -0.05) is 15.9 Å². The number of hydrogen-bond donors (Lipinski definition) is 1. The van der Waals surface area contributed by atoms with Crippen LogP contribution in [-0.4, -0.2) is 16.1 Å². The molecule has 88 valence electrons. The molecule has 3 nitrogen and oxygen atoms in total. The van der Waals surface area contributed by atoms with Crippen molar-refractivity contribution in [1.82, 2.24) is 4.98 Å². The van der Waals surface area contributed by atoms with Crippen molar-refractivity contribution in [2.75, 3.05) is 0 Å². The molecule has 0 aromatic carbocycles. The van der Waals surface area contributed by atoms with Crippen LogP contribution in [0.25, 0.3) is 0 Å². The van der Waals surface area contributed by atoms with Gasteiger partial charge in [-0.05, 0) is 27.1 Å². The molecule has 16 heavy (non-hydrogen) atoms. The number of carboxylic acid groups (broad SMARTS) is 1. The maximum Gasteiger partial charge on any atom is 0.307 e. The van der Waals surface area contributed by atoms with Gasteiger partial charge in [0.05, 0.1) is 6.42 Å². The summed E-state index contributed by atoms with van der Waals surface area (Å²) >= 11 is 6.13. The molecule has 0 aliphatic rings. The number of pyridine rings is 1. The fourth-order valence-corrected chi connectivity index (χ4v) is 2.34. The van der Waals surface area contributed by atoms with E-state index in [0.29, 0.717) is 16.5 Å². The number of carbonyl (C=O) groups is 1. The molecule has 0 fully saturated rings. The lowest BCUT2D eigenvalue weighted by atomic mass is 10.1. The molecule has 0 bridgehead atoms. The van der Waals surface area contributed by atoms with Crippen molar-refractivity contribution in [3.05, 3.63) is 27.5 Å². The average Bonchev–Trinajstić information content (AvgIpc) is 2.19. The Kier molecular flexibility index (Phi) is 4.79. The zero-order valence-corrected chi connectivity index (χ0v) is 11.1. The summed E-state index contributed by atoms with van der Waals surface area (Å²) in [5.74, 6) is -1.07. The normalized spacial score (nSPS) is 10.8. The molecule has 1 aromatic heterocycles. The van der Waals surface area contributed by atoms with Crippen LogP contribution in [-0.2, 0) is 16.5 Å². The predicted molar refractivity (Wildman–Crippen MR) is 60.9 cm³/mol. The minimum Gasteiger partial charge on any atom is -0.481 e. The summed E-state index contributed by atoms with van der Waals surface area (Å²) in [5, 5.41) is 9.06. The Morgan fingerprint density at radius 2 is 2.19 bits per heavy atom. The molecule has 7 heteroatoms. The van der Waals surface area contributed by atoms with Crippen LogP contribution in [0.4, 0.5) is 8.78 Å². The fourth-order valence-electron chi connectivity index (χ4n) is 1.19. The Labute approximate surface area is 107 Å². The molecule has 0 saturated heterocycles. The van der Waals surface area contributed by atoms with Gasteiger partial charge in [-0.15, -0.1) is 0 Å². The van der Waals surface area contributed by atoms with Gasteiger partial charge in [0.1, 0.15) is 5.69 Å². The molecule has 0 unspecified atom stereocenters. The summed E-state index contributed by atoms with van der Waals surface area (Å²) in [6, 6.07) is 0. The summed E-state index contributed by atoms with van der Waals surface area (Å²) in [5.41, 5.74) is 0.481. The Bertz CT molecular complexity index is 413. The van der Waals surface area contributed by atoms with Gasteiger partial charge in [-0.25, -0.2) is 8.78 Å². The number of aromatic nitrogens is 1. The van der Waals surface area contributed by atoms with Crippen LogP contribution < -0.4 is 0 Å². The van der Waals surface area contributed by atoms with Crippen LogP contribution in [0.2, 0.25) is 0 Å². The Morgan fingerprint density at radius 3 is 2.62 bits per heavy atom. The number of rotatable bonds is 4. The Morgan fingerprint density at radius 1 is 1.56 bits per heavy atom. The van der Waals surface area contributed by atoms with E-state index in [1.165, 1.54) is 6.20 Å². The van der Waals surface area contributed by atoms with E-state index in [1.807, 2.05) is 0 Å². The first-order valence-corrected chi connectivity index (χ1v) is 6.10. The lowest BCUT2D eigenvalue weighted by molar-refractivity contribution is -0.136. The van der Waals surface area contributed by atoms with Crippen molar-refractivity contribution in [3.8, 4) is 0 Å². The molecule has 0 aliphatic heterocycles. The van der Waals surface area contributed by atoms with Gasteiger partial charge in [-0.3, -0.25) is 9.78 Å². The van der Waals surface area contributed by atoms with Crippen LogP contribution in [0.5, 0.6) is 0 Å². The fraction of sp³-hybridized carbons (Fsp3) is 0.333. The van der Waals surface area contributed by atoms with Crippen molar-refractivity contribution in [2.24, 2.45) is 0 Å². The summed E-state index contributed by atoms with van der Waals surface area (Å²) in [7, 11) is 0. The minimum atomic E-state index is -2.73. The smallest absolute Gasteiger partial charge is 0.307 e. The number of hydrogen-bond acceptors (Lipinski definition) is 2. The predicted octanol–water partition coefficient (Wildman–Crippen LogP) is 3.30. The molecule has 1 aromatic rings. The molecule has 0 radical (unpaired) electrons. The summed E-state index contributed by atoms with van der Waals surface area (Å²) < 4.78 is 25.1. The van der Waals surface area contributed by atoms with Crippen LogP contribution in [0.1, 0.15) is 23.2 Å². The van der Waals surface area contributed by atoms with Crippen LogP contribution >= 0.6 is 31.9 Å². The van der Waals surface area contributed by atoms with E-state index < -0.39 is 18.1 Å². The SMILES string of the molecule is O=C(O)Cc1c(CBr)cnc(C(F)F)c1Br. The second kappa shape index (κ2) is 5.67. The highest BCUT2D eigenvalue weighted by molar-refractivity contribution is 9.10. The van der Waals surface area contributed by atoms with Gasteiger partial charge >= 0.3 is 5.97 Å². The number of carboxylic acids is 1. The number of halogens is 4. The molecule has 1 heterocycles. The van der Waals surface area contributed by atoms with E-state index in [9.17, 15) is 13.6 Å². The molecule has 0 saturated carbocycles. The number of aliphatic carboxylic acids is 1. The van der Waals surface area contributed by atoms with E-state index >= 15 is 0 Å². The minimum absolute atomic E-state index is 0.0712. The van der Waals surface area contributed by atoms with Crippen molar-refractivity contribution in [3.63, 3.8) is 0 Å². The molecule has 0 atom stereocenters. The second-order valence-electron chi connectivity index (χ2n) is 2.97. The molecular weight excluding hydrogens is 352 g/mol. The van der Waals surface area contributed by atoms with Crippen molar-refractivity contribution >= 4 is 37.8 Å². The summed E-state index contributed by atoms with van der Waals surface area (Å²) in [6.07, 6.45) is -1.78. The van der Waals surface area contributed by atoms with E-state index in [2.05, 4.69) is 36.8 Å². The molecule has 0 aliphatic carbocycles. The monoisotopic (exact) mass is 357 g/mol. The van der Waals surface area contributed by atoms with E-state index in [0.717, 1.165) is 0 Å². The van der Waals surface area contributed by atoms with Crippen molar-refractivity contribution < 1.29 is 18.7 Å². The number of nitrogens with zero attached hydrogens (tertiary/aromatic N) is 1. The maximum absolute atomic E-state index is 12.5. The largest absolute Gasteiger partial charge is 0.481 e. The Balaban J connectivity index is 3.28. The first-order chi connectivity index (χ1) is 7.47. The van der Waals surface area contributed by atoms with Crippen molar-refractivity contribution in [1.29, 1.82) is 0 Å². The topological polar surface area (TPSA) is 50.2 Å². The zero-order chi connectivity index (χ0) is 12.3. The molecule has 1 rings (SSSR count). The van der Waals surface area contributed by atoms with Crippen LogP contribution in [0, 0.1) is 0 Å². The van der Waals surface area contributed by atoms with E-state index in [-0.39, 0.29) is 10.9 Å². The summed E-state index contributed by atoms with van der Waals surface area (Å²) in [6.45, 7) is 0. The molecular formula is C9H7Br2F2NO2. The molecule has 0 amide bonds. The maximum atomic E-state index is 12.5. The second-order valence-corrected chi connectivity index (χ2v) is 4.32. The van der Waals surface area contributed by atoms with Gasteiger partial charge in [0.2, 0.25) is 0 Å². The average molecular weight is 359 g/mol. The highest BCUT2D eigenvalue weighted by Crippen LogP contribution is 2.31. The van der Waals surface area contributed by atoms with E-state index in [1.54, 1.807) is 0 Å². The van der Waals surface area contributed by atoms with E-state index in [4.69, 9.17) is 5.11 Å². The van der Waals surface area contributed by atoms with Gasteiger partial charge in [0.15, 0.2) is 0 Å². The highest BCUT2D eigenvalue weighted by Gasteiger charge is 2.20.